The van der Waals surface area contributed by atoms with Crippen LogP contribution >= 0.6 is 0 Å². The second kappa shape index (κ2) is 6.08. The number of hydrogen-bond acceptors (Lipinski definition) is 3. The Bertz CT molecular complexity index is 831. The SMILES string of the molecule is Cc1cnn(Cc2ccc(Cn3cc(C(=O)O)c(C)n3)cc2)c1. The van der Waals surface area contributed by atoms with Crippen LogP contribution in [-0.4, -0.2) is 30.6 Å². The van der Waals surface area contributed by atoms with Gasteiger partial charge in [0.1, 0.15) is 5.56 Å². The highest BCUT2D eigenvalue weighted by Crippen LogP contribution is 2.11. The van der Waals surface area contributed by atoms with Crippen molar-refractivity contribution in [2.45, 2.75) is 26.9 Å². The van der Waals surface area contributed by atoms with Crippen molar-refractivity contribution >= 4 is 5.97 Å². The van der Waals surface area contributed by atoms with Crippen molar-refractivity contribution in [3.8, 4) is 0 Å². The van der Waals surface area contributed by atoms with Crippen molar-refractivity contribution in [2.24, 2.45) is 0 Å². The first-order chi connectivity index (χ1) is 11.0. The molecular formula is C17H18N4O2. The van der Waals surface area contributed by atoms with Gasteiger partial charge in [-0.3, -0.25) is 9.36 Å². The minimum absolute atomic E-state index is 0.246. The summed E-state index contributed by atoms with van der Waals surface area (Å²) in [4.78, 5) is 11.0. The van der Waals surface area contributed by atoms with Crippen molar-refractivity contribution in [2.75, 3.05) is 0 Å². The lowest BCUT2D eigenvalue weighted by Gasteiger charge is -2.05. The second-order valence-corrected chi connectivity index (χ2v) is 5.66. The number of rotatable bonds is 5. The summed E-state index contributed by atoms with van der Waals surface area (Å²) in [5.41, 5.74) is 4.16. The lowest BCUT2D eigenvalue weighted by atomic mass is 10.1. The Morgan fingerprint density at radius 1 is 1.04 bits per heavy atom. The molecule has 0 aliphatic rings. The van der Waals surface area contributed by atoms with Crippen LogP contribution in [0, 0.1) is 13.8 Å². The molecule has 0 spiro atoms. The summed E-state index contributed by atoms with van der Waals surface area (Å²) < 4.78 is 3.56. The molecule has 0 aliphatic carbocycles. The van der Waals surface area contributed by atoms with Gasteiger partial charge in [-0.15, -0.1) is 0 Å². The molecule has 0 saturated carbocycles. The molecule has 0 amide bonds. The third-order valence-corrected chi connectivity index (χ3v) is 3.65. The Morgan fingerprint density at radius 3 is 2.13 bits per heavy atom. The van der Waals surface area contributed by atoms with E-state index in [-0.39, 0.29) is 5.56 Å². The van der Waals surface area contributed by atoms with E-state index in [1.54, 1.807) is 17.8 Å². The number of hydrogen-bond donors (Lipinski definition) is 1. The van der Waals surface area contributed by atoms with E-state index in [4.69, 9.17) is 5.11 Å². The topological polar surface area (TPSA) is 72.9 Å². The van der Waals surface area contributed by atoms with Crippen LogP contribution in [0.4, 0.5) is 0 Å². The zero-order chi connectivity index (χ0) is 16.4. The molecular weight excluding hydrogens is 292 g/mol. The lowest BCUT2D eigenvalue weighted by Crippen LogP contribution is -2.02. The normalized spacial score (nSPS) is 10.9. The van der Waals surface area contributed by atoms with E-state index in [1.165, 1.54) is 5.56 Å². The van der Waals surface area contributed by atoms with Crippen LogP contribution in [0.25, 0.3) is 0 Å². The molecule has 2 aromatic heterocycles. The third kappa shape index (κ3) is 3.48. The van der Waals surface area contributed by atoms with E-state index in [0.29, 0.717) is 12.2 Å². The average molecular weight is 310 g/mol. The average Bonchev–Trinajstić information content (AvgIpc) is 3.07. The molecule has 3 aromatic rings. The van der Waals surface area contributed by atoms with Crippen LogP contribution in [0.5, 0.6) is 0 Å². The molecule has 0 bridgehead atoms. The van der Waals surface area contributed by atoms with Gasteiger partial charge in [-0.05, 0) is 30.5 Å². The van der Waals surface area contributed by atoms with Gasteiger partial charge < -0.3 is 5.11 Å². The number of carboxylic acids is 1. The number of nitrogens with zero attached hydrogens (tertiary/aromatic N) is 4. The Hall–Kier alpha value is -2.89. The molecule has 0 radical (unpaired) electrons. The molecule has 1 N–H and O–H groups in total. The van der Waals surface area contributed by atoms with Gasteiger partial charge in [0.25, 0.3) is 0 Å². The van der Waals surface area contributed by atoms with Crippen LogP contribution in [0.1, 0.15) is 32.7 Å². The molecule has 6 heteroatoms. The van der Waals surface area contributed by atoms with Gasteiger partial charge in [0.15, 0.2) is 0 Å². The lowest BCUT2D eigenvalue weighted by molar-refractivity contribution is 0.0696. The number of aromatic carboxylic acids is 1. The quantitative estimate of drug-likeness (QED) is 0.786. The maximum absolute atomic E-state index is 11.0. The molecule has 23 heavy (non-hydrogen) atoms. The molecule has 0 saturated heterocycles. The minimum Gasteiger partial charge on any atom is -0.478 e. The summed E-state index contributed by atoms with van der Waals surface area (Å²) in [5, 5.41) is 17.6. The zero-order valence-electron chi connectivity index (χ0n) is 13.1. The smallest absolute Gasteiger partial charge is 0.339 e. The van der Waals surface area contributed by atoms with E-state index in [0.717, 1.165) is 17.7 Å². The number of carbonyl (C=O) groups is 1. The van der Waals surface area contributed by atoms with Gasteiger partial charge in [0.2, 0.25) is 0 Å². The number of benzene rings is 1. The predicted octanol–water partition coefficient (Wildman–Crippen LogP) is 2.49. The zero-order valence-corrected chi connectivity index (χ0v) is 13.1. The maximum Gasteiger partial charge on any atom is 0.339 e. The van der Waals surface area contributed by atoms with Crippen LogP contribution in [0.2, 0.25) is 0 Å². The summed E-state index contributed by atoms with van der Waals surface area (Å²) in [6, 6.07) is 8.17. The van der Waals surface area contributed by atoms with Gasteiger partial charge in [-0.2, -0.15) is 10.2 Å². The molecule has 0 unspecified atom stereocenters. The molecule has 118 valence electrons. The van der Waals surface area contributed by atoms with Gasteiger partial charge in [-0.25, -0.2) is 4.79 Å². The fourth-order valence-electron chi connectivity index (χ4n) is 2.49. The first-order valence-corrected chi connectivity index (χ1v) is 7.35. The number of aryl methyl sites for hydroxylation is 2. The summed E-state index contributed by atoms with van der Waals surface area (Å²) >= 11 is 0. The van der Waals surface area contributed by atoms with Crippen molar-refractivity contribution in [3.05, 3.63) is 70.8 Å². The summed E-state index contributed by atoms with van der Waals surface area (Å²) in [6.07, 6.45) is 5.42. The van der Waals surface area contributed by atoms with Crippen LogP contribution in [0.3, 0.4) is 0 Å². The third-order valence-electron chi connectivity index (χ3n) is 3.65. The van der Waals surface area contributed by atoms with E-state index in [2.05, 4.69) is 22.3 Å². The highest BCUT2D eigenvalue weighted by molar-refractivity contribution is 5.88. The summed E-state index contributed by atoms with van der Waals surface area (Å²) in [6.45, 7) is 5.01. The van der Waals surface area contributed by atoms with Gasteiger partial charge >= 0.3 is 5.97 Å². The maximum atomic E-state index is 11.0. The van der Waals surface area contributed by atoms with E-state index < -0.39 is 5.97 Å². The highest BCUT2D eigenvalue weighted by Gasteiger charge is 2.11. The van der Waals surface area contributed by atoms with E-state index in [9.17, 15) is 4.79 Å². The van der Waals surface area contributed by atoms with E-state index in [1.807, 2.05) is 36.1 Å². The highest BCUT2D eigenvalue weighted by atomic mass is 16.4. The standard InChI is InChI=1S/C17H18N4O2/c1-12-7-18-20(8-12)9-14-3-5-15(6-4-14)10-21-11-16(17(22)23)13(2)19-21/h3-8,11H,9-10H2,1-2H3,(H,22,23). The van der Waals surface area contributed by atoms with Gasteiger partial charge in [0.05, 0.1) is 25.0 Å². The molecule has 2 heterocycles. The van der Waals surface area contributed by atoms with Gasteiger partial charge in [0, 0.05) is 12.4 Å². The van der Waals surface area contributed by atoms with Crippen LogP contribution < -0.4 is 0 Å². The summed E-state index contributed by atoms with van der Waals surface area (Å²) in [7, 11) is 0. The molecule has 6 nitrogen and oxygen atoms in total. The van der Waals surface area contributed by atoms with Crippen LogP contribution in [-0.2, 0) is 13.1 Å². The predicted molar refractivity (Wildman–Crippen MR) is 85.5 cm³/mol. The Balaban J connectivity index is 1.70. The number of carboxylic acid groups (broad SMARTS) is 1. The fraction of sp³-hybridized carbons (Fsp3) is 0.235. The minimum atomic E-state index is -0.946. The second-order valence-electron chi connectivity index (χ2n) is 5.66. The van der Waals surface area contributed by atoms with Gasteiger partial charge in [-0.1, -0.05) is 24.3 Å². The summed E-state index contributed by atoms with van der Waals surface area (Å²) in [5.74, 6) is -0.946. The van der Waals surface area contributed by atoms with Crippen molar-refractivity contribution < 1.29 is 9.90 Å². The first kappa shape index (κ1) is 15.0. The molecule has 0 fully saturated rings. The molecule has 3 rings (SSSR count). The van der Waals surface area contributed by atoms with Crippen molar-refractivity contribution in [1.29, 1.82) is 0 Å². The Morgan fingerprint density at radius 2 is 1.65 bits per heavy atom. The Labute approximate surface area is 134 Å². The van der Waals surface area contributed by atoms with Crippen molar-refractivity contribution in [1.82, 2.24) is 19.6 Å². The molecule has 1 aromatic carbocycles. The number of aromatic nitrogens is 4. The molecule has 0 aliphatic heterocycles. The first-order valence-electron chi connectivity index (χ1n) is 7.35. The fourth-order valence-corrected chi connectivity index (χ4v) is 2.49. The molecule has 0 atom stereocenters. The van der Waals surface area contributed by atoms with Crippen LogP contribution in [0.15, 0.2) is 42.9 Å². The van der Waals surface area contributed by atoms with Crippen molar-refractivity contribution in [3.63, 3.8) is 0 Å². The van der Waals surface area contributed by atoms with E-state index >= 15 is 0 Å². The monoisotopic (exact) mass is 310 g/mol. The Kier molecular flexibility index (Phi) is 3.97. The largest absolute Gasteiger partial charge is 0.478 e.